The Kier molecular flexibility index (Phi) is 9.02. The molecule has 11 nitrogen and oxygen atoms in total. The smallest absolute Gasteiger partial charge is 0.269 e. The van der Waals surface area contributed by atoms with E-state index in [0.29, 0.717) is 47.6 Å². The van der Waals surface area contributed by atoms with Gasteiger partial charge in [0.05, 0.1) is 26.1 Å². The predicted molar refractivity (Wildman–Crippen MR) is 165 cm³/mol. The molecule has 4 heterocycles. The van der Waals surface area contributed by atoms with Gasteiger partial charge in [0.2, 0.25) is 0 Å². The number of amides is 2. The Bertz CT molecular complexity index is 1680. The molecule has 0 radical (unpaired) electrons. The zero-order valence-electron chi connectivity index (χ0n) is 22.8. The Morgan fingerprint density at radius 1 is 0.651 bits per heavy atom. The lowest BCUT2D eigenvalue weighted by molar-refractivity contribution is -0.385. The molecule has 220 valence electrons. The Hall–Kier alpha value is -4.75. The van der Waals surface area contributed by atoms with Crippen LogP contribution in [-0.4, -0.2) is 40.5 Å². The molecular weight excluding hydrogens is 592 g/mol. The molecule has 2 amide bonds. The number of fused-ring (bicyclic) bond motifs is 2. The number of thiophene rings is 2. The fraction of sp³-hybridized carbons (Fsp3) is 0.233. The average Bonchev–Trinajstić information content (AvgIpc) is 3.61. The van der Waals surface area contributed by atoms with E-state index in [1.165, 1.54) is 64.7 Å². The molecule has 0 atom stereocenters. The number of nitro groups is 2. The van der Waals surface area contributed by atoms with E-state index in [0.717, 1.165) is 24.9 Å². The molecule has 0 spiro atoms. The number of ketones is 1. The summed E-state index contributed by atoms with van der Waals surface area (Å²) in [6, 6.07) is 15.1. The molecule has 4 aromatic rings. The van der Waals surface area contributed by atoms with Crippen molar-refractivity contribution in [2.45, 2.75) is 32.1 Å². The fourth-order valence-electron chi connectivity index (χ4n) is 4.98. The lowest BCUT2D eigenvalue weighted by atomic mass is 10.1. The van der Waals surface area contributed by atoms with Crippen LogP contribution in [0, 0.1) is 20.2 Å². The molecule has 0 fully saturated rings. The van der Waals surface area contributed by atoms with Crippen LogP contribution in [0.4, 0.5) is 22.7 Å². The number of rotatable bonds is 4. The van der Waals surface area contributed by atoms with Gasteiger partial charge < -0.3 is 9.80 Å². The molecular formula is C30H26N4O7S2. The van der Waals surface area contributed by atoms with Gasteiger partial charge in [0.25, 0.3) is 23.2 Å². The highest BCUT2D eigenvalue weighted by molar-refractivity contribution is 7.12. The van der Waals surface area contributed by atoms with Gasteiger partial charge in [-0.05, 0) is 72.8 Å². The normalized spacial score (nSPS) is 14.4. The van der Waals surface area contributed by atoms with Gasteiger partial charge in [-0.1, -0.05) is 0 Å². The summed E-state index contributed by atoms with van der Waals surface area (Å²) in [5, 5.41) is 25.1. The van der Waals surface area contributed by atoms with Crippen LogP contribution in [0.25, 0.3) is 0 Å². The summed E-state index contributed by atoms with van der Waals surface area (Å²) in [4.78, 5) is 62.9. The number of hydrogen-bond acceptors (Lipinski definition) is 9. The molecule has 0 N–H and O–H groups in total. The number of nitrogens with zero attached hydrogens (tertiary/aromatic N) is 4. The molecule has 0 aliphatic carbocycles. The highest BCUT2D eigenvalue weighted by Crippen LogP contribution is 2.33. The Morgan fingerprint density at radius 3 is 1.74 bits per heavy atom. The van der Waals surface area contributed by atoms with Gasteiger partial charge >= 0.3 is 0 Å². The minimum Gasteiger partial charge on any atom is -0.307 e. The van der Waals surface area contributed by atoms with E-state index >= 15 is 0 Å². The van der Waals surface area contributed by atoms with Crippen LogP contribution in [0.15, 0.2) is 71.4 Å². The standard InChI is InChI=1S/C15H12N2O4S.C15H14N2O3S/c18-13-2-1-8-16(12-7-9-22-14(12)13)15(19)10-3-5-11(6-4-10)17(20)21;18-15(11-4-6-12(7-5-11)17(19)20)16-9-2-1-3-14-13(16)8-10-21-14/h3-7,9H,1-2,8H2;4-8,10H,1-3,9H2. The minimum absolute atomic E-state index is 0.00126. The van der Waals surface area contributed by atoms with Gasteiger partial charge in [-0.2, -0.15) is 0 Å². The minimum atomic E-state index is -0.504. The number of carbonyl (C=O) groups is 3. The highest BCUT2D eigenvalue weighted by Gasteiger charge is 2.27. The fourth-order valence-corrected chi connectivity index (χ4v) is 6.77. The van der Waals surface area contributed by atoms with Gasteiger partial charge in [0.15, 0.2) is 5.78 Å². The van der Waals surface area contributed by atoms with Gasteiger partial charge in [0.1, 0.15) is 0 Å². The predicted octanol–water partition coefficient (Wildman–Crippen LogP) is 6.92. The largest absolute Gasteiger partial charge is 0.307 e. The van der Waals surface area contributed by atoms with E-state index in [9.17, 15) is 34.6 Å². The van der Waals surface area contributed by atoms with E-state index in [2.05, 4.69) is 0 Å². The highest BCUT2D eigenvalue weighted by atomic mass is 32.1. The van der Waals surface area contributed by atoms with Crippen LogP contribution in [0.1, 0.15) is 60.9 Å². The van der Waals surface area contributed by atoms with Gasteiger partial charge in [-0.3, -0.25) is 34.6 Å². The second-order valence-corrected chi connectivity index (χ2v) is 11.8. The third-order valence-electron chi connectivity index (χ3n) is 7.16. The van der Waals surface area contributed by atoms with Crippen molar-refractivity contribution in [1.29, 1.82) is 0 Å². The van der Waals surface area contributed by atoms with E-state index < -0.39 is 9.85 Å². The summed E-state index contributed by atoms with van der Waals surface area (Å²) in [6.45, 7) is 1.16. The molecule has 0 saturated carbocycles. The van der Waals surface area contributed by atoms with Crippen molar-refractivity contribution in [3.63, 3.8) is 0 Å². The van der Waals surface area contributed by atoms with Crippen LogP contribution < -0.4 is 9.80 Å². The number of anilines is 2. The van der Waals surface area contributed by atoms with Crippen molar-refractivity contribution in [3.05, 3.63) is 113 Å². The Morgan fingerprint density at radius 2 is 1.16 bits per heavy atom. The summed E-state index contributed by atoms with van der Waals surface area (Å²) < 4.78 is 0. The van der Waals surface area contributed by atoms with Crippen LogP contribution in [0.2, 0.25) is 0 Å². The molecule has 6 rings (SSSR count). The molecule has 2 aliphatic rings. The molecule has 2 aliphatic heterocycles. The van der Waals surface area contributed by atoms with Crippen LogP contribution in [0.5, 0.6) is 0 Å². The van der Waals surface area contributed by atoms with Crippen molar-refractivity contribution < 1.29 is 24.2 Å². The summed E-state index contributed by atoms with van der Waals surface area (Å²) in [5.74, 6) is -0.278. The zero-order chi connectivity index (χ0) is 30.5. The Labute approximate surface area is 254 Å². The van der Waals surface area contributed by atoms with E-state index in [1.54, 1.807) is 32.6 Å². The van der Waals surface area contributed by atoms with Crippen LogP contribution >= 0.6 is 22.7 Å². The first-order valence-corrected chi connectivity index (χ1v) is 15.3. The number of hydrogen-bond donors (Lipinski definition) is 0. The number of carbonyl (C=O) groups excluding carboxylic acids is 3. The Balaban J connectivity index is 0.000000171. The monoisotopic (exact) mass is 618 g/mol. The number of nitro benzene ring substituents is 2. The first-order valence-electron chi connectivity index (χ1n) is 13.5. The lowest BCUT2D eigenvalue weighted by Crippen LogP contribution is -2.31. The molecule has 13 heteroatoms. The van der Waals surface area contributed by atoms with Crippen molar-refractivity contribution in [1.82, 2.24) is 0 Å². The van der Waals surface area contributed by atoms with Crippen molar-refractivity contribution in [3.8, 4) is 0 Å². The molecule has 43 heavy (non-hydrogen) atoms. The van der Waals surface area contributed by atoms with Crippen molar-refractivity contribution in [2.75, 3.05) is 22.9 Å². The number of aryl methyl sites for hydroxylation is 1. The van der Waals surface area contributed by atoms with Gasteiger partial charge in [-0.25, -0.2) is 0 Å². The number of Topliss-reactive ketones (excluding diaryl/α,β-unsaturated/α-hetero) is 1. The van der Waals surface area contributed by atoms with E-state index in [4.69, 9.17) is 0 Å². The van der Waals surface area contributed by atoms with E-state index in [1.807, 2.05) is 11.4 Å². The first-order chi connectivity index (χ1) is 20.7. The maximum Gasteiger partial charge on any atom is 0.269 e. The summed E-state index contributed by atoms with van der Waals surface area (Å²) >= 11 is 3.01. The van der Waals surface area contributed by atoms with Crippen molar-refractivity contribution in [2.24, 2.45) is 0 Å². The third-order valence-corrected chi connectivity index (χ3v) is 9.08. The number of benzene rings is 2. The van der Waals surface area contributed by atoms with Crippen LogP contribution in [-0.2, 0) is 6.42 Å². The van der Waals surface area contributed by atoms with Crippen molar-refractivity contribution >= 4 is 63.0 Å². The summed E-state index contributed by atoms with van der Waals surface area (Å²) in [5.41, 5.74) is 2.42. The maximum absolute atomic E-state index is 12.7. The lowest BCUT2D eigenvalue weighted by Gasteiger charge is -2.21. The van der Waals surface area contributed by atoms with Gasteiger partial charge in [-0.15, -0.1) is 22.7 Å². The zero-order valence-corrected chi connectivity index (χ0v) is 24.5. The topological polar surface area (TPSA) is 144 Å². The quantitative estimate of drug-likeness (QED) is 0.178. The molecule has 2 aromatic heterocycles. The van der Waals surface area contributed by atoms with Gasteiger partial charge in [0, 0.05) is 59.8 Å². The maximum atomic E-state index is 12.7. The molecule has 0 unspecified atom stereocenters. The molecule has 0 saturated heterocycles. The number of non-ortho nitro benzene ring substituents is 2. The molecule has 2 aromatic carbocycles. The first kappa shape index (κ1) is 29.7. The average molecular weight is 619 g/mol. The second-order valence-electron chi connectivity index (χ2n) is 9.87. The summed E-state index contributed by atoms with van der Waals surface area (Å²) in [6.07, 6.45) is 4.10. The summed E-state index contributed by atoms with van der Waals surface area (Å²) in [7, 11) is 0. The SMILES string of the molecule is O=C(c1ccc([N+](=O)[O-])cc1)N1CCCCc2sccc21.O=C1CCCN(C(=O)c2ccc([N+](=O)[O-])cc2)c2ccsc21. The third kappa shape index (κ3) is 6.52. The second kappa shape index (κ2) is 13.0. The van der Waals surface area contributed by atoms with E-state index in [-0.39, 0.29) is 29.0 Å². The van der Waals surface area contributed by atoms with Crippen LogP contribution in [0.3, 0.4) is 0 Å². The molecule has 0 bridgehead atoms.